The molecule has 88 valence electrons. The first-order valence-electron chi connectivity index (χ1n) is 5.39. The van der Waals surface area contributed by atoms with E-state index in [1.165, 1.54) is 12.1 Å². The molecule has 0 aromatic heterocycles. The number of rotatable bonds is 1. The number of hydrogen-bond acceptors (Lipinski definition) is 2. The molecule has 1 saturated heterocycles. The average molecular weight is 244 g/mol. The Hall–Kier alpha value is -0.640. The number of halogens is 2. The molecule has 0 aliphatic carbocycles. The van der Waals surface area contributed by atoms with E-state index in [9.17, 15) is 9.50 Å². The van der Waals surface area contributed by atoms with Crippen molar-refractivity contribution in [2.75, 3.05) is 20.1 Å². The van der Waals surface area contributed by atoms with Crippen molar-refractivity contribution in [1.29, 1.82) is 0 Å². The monoisotopic (exact) mass is 243 g/mol. The first-order chi connectivity index (χ1) is 7.58. The Labute approximate surface area is 99.6 Å². The van der Waals surface area contributed by atoms with Crippen molar-refractivity contribution in [2.45, 2.75) is 18.4 Å². The Morgan fingerprint density at radius 2 is 2.25 bits per heavy atom. The van der Waals surface area contributed by atoms with Crippen molar-refractivity contribution in [3.8, 4) is 0 Å². The number of piperidine rings is 1. The molecule has 2 atom stereocenters. The van der Waals surface area contributed by atoms with Crippen molar-refractivity contribution in [1.82, 2.24) is 4.90 Å². The van der Waals surface area contributed by atoms with E-state index in [1.54, 1.807) is 6.07 Å². The summed E-state index contributed by atoms with van der Waals surface area (Å²) in [5.74, 6) is -0.319. The molecule has 0 unspecified atom stereocenters. The minimum Gasteiger partial charge on any atom is -0.391 e. The van der Waals surface area contributed by atoms with Gasteiger partial charge in [0.1, 0.15) is 5.82 Å². The lowest BCUT2D eigenvalue weighted by molar-refractivity contribution is 0.0638. The zero-order chi connectivity index (χ0) is 11.7. The summed E-state index contributed by atoms with van der Waals surface area (Å²) in [5, 5.41) is 10.4. The molecule has 1 heterocycles. The highest BCUT2D eigenvalue weighted by Crippen LogP contribution is 2.33. The third kappa shape index (κ3) is 2.37. The van der Waals surface area contributed by atoms with Crippen LogP contribution in [0.1, 0.15) is 17.9 Å². The van der Waals surface area contributed by atoms with Gasteiger partial charge in [-0.3, -0.25) is 0 Å². The molecule has 0 radical (unpaired) electrons. The molecule has 16 heavy (non-hydrogen) atoms. The number of hydrogen-bond donors (Lipinski definition) is 1. The standard InChI is InChI=1S/C12H15ClFNO/c1-15-5-4-10(12(16)7-15)9-3-2-8(14)6-11(9)13/h2-3,6,10,12,16H,4-5,7H2,1H3/t10-,12+/m1/s1. The molecular formula is C12H15ClFNO. The van der Waals surface area contributed by atoms with E-state index in [4.69, 9.17) is 11.6 Å². The van der Waals surface area contributed by atoms with Gasteiger partial charge in [0.15, 0.2) is 0 Å². The summed E-state index contributed by atoms with van der Waals surface area (Å²) in [5.41, 5.74) is 0.851. The van der Waals surface area contributed by atoms with Gasteiger partial charge in [-0.1, -0.05) is 17.7 Å². The molecule has 4 heteroatoms. The van der Waals surface area contributed by atoms with Crippen LogP contribution in [0, 0.1) is 5.82 Å². The predicted octanol–water partition coefficient (Wildman–Crippen LogP) is 2.26. The van der Waals surface area contributed by atoms with Crippen molar-refractivity contribution in [3.63, 3.8) is 0 Å². The molecular weight excluding hydrogens is 229 g/mol. The third-order valence-electron chi connectivity index (χ3n) is 3.15. The fraction of sp³-hybridized carbons (Fsp3) is 0.500. The SMILES string of the molecule is CN1CC[C@H](c2ccc(F)cc2Cl)[C@@H](O)C1. The quantitative estimate of drug-likeness (QED) is 0.818. The second kappa shape index (κ2) is 4.70. The normalized spacial score (nSPS) is 27.0. The predicted molar refractivity (Wildman–Crippen MR) is 62.3 cm³/mol. The fourth-order valence-electron chi connectivity index (χ4n) is 2.25. The first kappa shape index (κ1) is 11.8. The molecule has 1 N–H and O–H groups in total. The Morgan fingerprint density at radius 1 is 1.50 bits per heavy atom. The van der Waals surface area contributed by atoms with Gasteiger partial charge in [0, 0.05) is 17.5 Å². The molecule has 0 amide bonds. The van der Waals surface area contributed by atoms with Crippen LogP contribution in [-0.2, 0) is 0 Å². The Balaban J connectivity index is 2.23. The topological polar surface area (TPSA) is 23.5 Å². The highest BCUT2D eigenvalue weighted by Gasteiger charge is 2.28. The molecule has 2 nitrogen and oxygen atoms in total. The minimum atomic E-state index is -0.429. The maximum atomic E-state index is 12.9. The van der Waals surface area contributed by atoms with E-state index in [2.05, 4.69) is 4.90 Å². The lowest BCUT2D eigenvalue weighted by Gasteiger charge is -2.34. The molecule has 0 saturated carbocycles. The van der Waals surface area contributed by atoms with Gasteiger partial charge in [0.2, 0.25) is 0 Å². The van der Waals surface area contributed by atoms with Crippen LogP contribution >= 0.6 is 11.6 Å². The second-order valence-corrected chi connectivity index (χ2v) is 4.80. The van der Waals surface area contributed by atoms with Crippen LogP contribution in [0.4, 0.5) is 4.39 Å². The highest BCUT2D eigenvalue weighted by molar-refractivity contribution is 6.31. The van der Waals surface area contributed by atoms with E-state index in [1.807, 2.05) is 7.05 Å². The van der Waals surface area contributed by atoms with E-state index < -0.39 is 6.10 Å². The second-order valence-electron chi connectivity index (χ2n) is 4.39. The number of likely N-dealkylation sites (tertiary alicyclic amines) is 1. The zero-order valence-corrected chi connectivity index (χ0v) is 9.91. The van der Waals surface area contributed by atoms with Crippen LogP contribution in [0.15, 0.2) is 18.2 Å². The smallest absolute Gasteiger partial charge is 0.124 e. The lowest BCUT2D eigenvalue weighted by Crippen LogP contribution is -2.40. The van der Waals surface area contributed by atoms with E-state index in [0.29, 0.717) is 11.6 Å². The molecule has 1 aliphatic rings. The number of aliphatic hydroxyl groups excluding tert-OH is 1. The van der Waals surface area contributed by atoms with E-state index in [-0.39, 0.29) is 11.7 Å². The summed E-state index contributed by atoms with van der Waals surface area (Å²) < 4.78 is 12.9. The Bertz CT molecular complexity index is 385. The van der Waals surface area contributed by atoms with E-state index in [0.717, 1.165) is 18.5 Å². The van der Waals surface area contributed by atoms with Crippen molar-refractivity contribution in [3.05, 3.63) is 34.6 Å². The molecule has 1 fully saturated rings. The first-order valence-corrected chi connectivity index (χ1v) is 5.77. The molecule has 2 rings (SSSR count). The maximum absolute atomic E-state index is 12.9. The van der Waals surface area contributed by atoms with Gasteiger partial charge in [0.05, 0.1) is 6.10 Å². The van der Waals surface area contributed by atoms with Gasteiger partial charge in [-0.25, -0.2) is 4.39 Å². The Morgan fingerprint density at radius 3 is 2.88 bits per heavy atom. The van der Waals surface area contributed by atoms with Crippen LogP contribution in [0.2, 0.25) is 5.02 Å². The van der Waals surface area contributed by atoms with Crippen LogP contribution in [0.25, 0.3) is 0 Å². The molecule has 1 aliphatic heterocycles. The number of likely N-dealkylation sites (N-methyl/N-ethyl adjacent to an activating group) is 1. The van der Waals surface area contributed by atoms with Crippen molar-refractivity contribution in [2.24, 2.45) is 0 Å². The number of β-amino-alcohol motifs (C(OH)–C–C–N with tert-alkyl or cyclic N) is 1. The highest BCUT2D eigenvalue weighted by atomic mass is 35.5. The third-order valence-corrected chi connectivity index (χ3v) is 3.47. The summed E-state index contributed by atoms with van der Waals surface area (Å²) in [6.07, 6.45) is 0.421. The summed E-state index contributed by atoms with van der Waals surface area (Å²) in [6.45, 7) is 1.56. The van der Waals surface area contributed by atoms with Gasteiger partial charge in [-0.05, 0) is 37.7 Å². The Kier molecular flexibility index (Phi) is 3.47. The van der Waals surface area contributed by atoms with Crippen LogP contribution in [0.5, 0.6) is 0 Å². The van der Waals surface area contributed by atoms with Crippen LogP contribution < -0.4 is 0 Å². The number of aliphatic hydroxyl groups is 1. The molecule has 0 bridgehead atoms. The van der Waals surface area contributed by atoms with Crippen molar-refractivity contribution < 1.29 is 9.50 Å². The van der Waals surface area contributed by atoms with Gasteiger partial charge < -0.3 is 10.0 Å². The van der Waals surface area contributed by atoms with Crippen molar-refractivity contribution >= 4 is 11.6 Å². The van der Waals surface area contributed by atoms with Gasteiger partial charge in [-0.2, -0.15) is 0 Å². The van der Waals surface area contributed by atoms with Gasteiger partial charge >= 0.3 is 0 Å². The average Bonchev–Trinajstić information content (AvgIpc) is 2.19. The lowest BCUT2D eigenvalue weighted by atomic mass is 9.87. The summed E-state index contributed by atoms with van der Waals surface area (Å²) in [4.78, 5) is 2.08. The molecule has 1 aromatic rings. The summed E-state index contributed by atoms with van der Waals surface area (Å²) >= 11 is 6.00. The fourth-order valence-corrected chi connectivity index (χ4v) is 2.56. The van der Waals surface area contributed by atoms with Crippen LogP contribution in [0.3, 0.4) is 0 Å². The number of benzene rings is 1. The van der Waals surface area contributed by atoms with E-state index >= 15 is 0 Å². The summed E-state index contributed by atoms with van der Waals surface area (Å²) in [7, 11) is 1.98. The van der Waals surface area contributed by atoms with Gasteiger partial charge in [-0.15, -0.1) is 0 Å². The zero-order valence-electron chi connectivity index (χ0n) is 9.16. The van der Waals surface area contributed by atoms with Gasteiger partial charge in [0.25, 0.3) is 0 Å². The van der Waals surface area contributed by atoms with Crippen LogP contribution in [-0.4, -0.2) is 36.2 Å². The molecule has 1 aromatic carbocycles. The maximum Gasteiger partial charge on any atom is 0.124 e. The molecule has 0 spiro atoms. The minimum absolute atomic E-state index is 0.0179. The largest absolute Gasteiger partial charge is 0.391 e. The summed E-state index contributed by atoms with van der Waals surface area (Å²) in [6, 6.07) is 4.38. The number of nitrogens with zero attached hydrogens (tertiary/aromatic N) is 1.